The third kappa shape index (κ3) is 3.06. The number of nitrogen functional groups attached to an aromatic ring is 1. The maximum absolute atomic E-state index is 12.3. The van der Waals surface area contributed by atoms with Crippen molar-refractivity contribution in [3.05, 3.63) is 17.3 Å². The van der Waals surface area contributed by atoms with Crippen LogP contribution >= 0.6 is 11.6 Å². The summed E-state index contributed by atoms with van der Waals surface area (Å²) in [4.78, 5) is 20.5. The molecule has 3 heterocycles. The summed E-state index contributed by atoms with van der Waals surface area (Å²) in [5.74, 6) is 0.854. The molecule has 3 rings (SSSR count). The molecule has 0 aliphatic carbocycles. The Morgan fingerprint density at radius 3 is 2.76 bits per heavy atom. The number of hydrogen-bond acceptors (Lipinski definition) is 5. The number of rotatable bonds is 2. The van der Waals surface area contributed by atoms with Crippen molar-refractivity contribution >= 4 is 29.0 Å². The van der Waals surface area contributed by atoms with Crippen LogP contribution in [0.15, 0.2) is 12.3 Å². The Bertz CT molecular complexity index is 526. The van der Waals surface area contributed by atoms with Crippen molar-refractivity contribution < 1.29 is 9.53 Å². The molecule has 2 saturated heterocycles. The van der Waals surface area contributed by atoms with Crippen LogP contribution in [-0.2, 0) is 9.53 Å². The van der Waals surface area contributed by atoms with Crippen LogP contribution in [0.5, 0.6) is 0 Å². The van der Waals surface area contributed by atoms with Crippen molar-refractivity contribution in [2.75, 3.05) is 43.4 Å². The average molecular weight is 311 g/mol. The van der Waals surface area contributed by atoms with Crippen LogP contribution in [0.4, 0.5) is 11.5 Å². The second-order valence-corrected chi connectivity index (χ2v) is 5.82. The van der Waals surface area contributed by atoms with Gasteiger partial charge < -0.3 is 20.3 Å². The number of amides is 1. The molecule has 1 aromatic rings. The Morgan fingerprint density at radius 1 is 1.38 bits per heavy atom. The third-order valence-corrected chi connectivity index (χ3v) is 4.16. The molecular formula is C14H19ClN4O2. The zero-order valence-electron chi connectivity index (χ0n) is 11.8. The minimum absolute atomic E-state index is 0.115. The van der Waals surface area contributed by atoms with E-state index >= 15 is 0 Å². The average Bonchev–Trinajstić information content (AvgIpc) is 3.01. The van der Waals surface area contributed by atoms with Gasteiger partial charge in [-0.1, -0.05) is 11.6 Å². The molecule has 1 atom stereocenters. The lowest BCUT2D eigenvalue weighted by atomic mass is 10.2. The van der Waals surface area contributed by atoms with E-state index in [4.69, 9.17) is 22.1 Å². The Morgan fingerprint density at radius 2 is 2.14 bits per heavy atom. The highest BCUT2D eigenvalue weighted by molar-refractivity contribution is 6.30. The van der Waals surface area contributed by atoms with Gasteiger partial charge in [-0.2, -0.15) is 0 Å². The van der Waals surface area contributed by atoms with Crippen molar-refractivity contribution in [1.82, 2.24) is 9.88 Å². The molecule has 1 aromatic heterocycles. The van der Waals surface area contributed by atoms with Crippen molar-refractivity contribution in [3.63, 3.8) is 0 Å². The van der Waals surface area contributed by atoms with Gasteiger partial charge in [0, 0.05) is 39.0 Å². The summed E-state index contributed by atoms with van der Waals surface area (Å²) in [5.41, 5.74) is 6.53. The van der Waals surface area contributed by atoms with Crippen LogP contribution in [0.25, 0.3) is 0 Å². The van der Waals surface area contributed by atoms with Crippen LogP contribution in [-0.4, -0.2) is 54.7 Å². The monoisotopic (exact) mass is 310 g/mol. The fourth-order valence-corrected chi connectivity index (χ4v) is 2.99. The first-order valence-electron chi connectivity index (χ1n) is 7.21. The number of nitrogens with two attached hydrogens (primary N) is 1. The number of hydrogen-bond donors (Lipinski definition) is 1. The van der Waals surface area contributed by atoms with E-state index in [1.165, 1.54) is 0 Å². The lowest BCUT2D eigenvalue weighted by Crippen LogP contribution is -2.51. The van der Waals surface area contributed by atoms with Gasteiger partial charge in [-0.3, -0.25) is 4.79 Å². The quantitative estimate of drug-likeness (QED) is 0.887. The van der Waals surface area contributed by atoms with Crippen molar-refractivity contribution in [3.8, 4) is 0 Å². The van der Waals surface area contributed by atoms with E-state index in [0.717, 1.165) is 31.7 Å². The van der Waals surface area contributed by atoms with Crippen LogP contribution in [0.1, 0.15) is 12.8 Å². The topological polar surface area (TPSA) is 71.7 Å². The molecule has 2 fully saturated rings. The van der Waals surface area contributed by atoms with Crippen molar-refractivity contribution in [2.45, 2.75) is 18.9 Å². The summed E-state index contributed by atoms with van der Waals surface area (Å²) in [6.07, 6.45) is 3.17. The molecule has 1 amide bonds. The first kappa shape index (κ1) is 14.4. The molecule has 0 saturated carbocycles. The molecule has 114 valence electrons. The minimum Gasteiger partial charge on any atom is -0.396 e. The normalized spacial score (nSPS) is 22.6. The summed E-state index contributed by atoms with van der Waals surface area (Å²) < 4.78 is 5.46. The Hall–Kier alpha value is -1.53. The van der Waals surface area contributed by atoms with E-state index in [-0.39, 0.29) is 12.0 Å². The molecular weight excluding hydrogens is 292 g/mol. The van der Waals surface area contributed by atoms with Gasteiger partial charge in [0.1, 0.15) is 6.10 Å². The number of pyridine rings is 1. The van der Waals surface area contributed by atoms with Gasteiger partial charge in [0.25, 0.3) is 5.91 Å². The van der Waals surface area contributed by atoms with Gasteiger partial charge in [0.05, 0.1) is 10.7 Å². The Kier molecular flexibility index (Phi) is 4.17. The zero-order valence-corrected chi connectivity index (χ0v) is 12.6. The molecule has 6 nitrogen and oxygen atoms in total. The minimum atomic E-state index is -0.240. The number of nitrogens with zero attached hydrogens (tertiary/aromatic N) is 3. The first-order chi connectivity index (χ1) is 10.1. The molecule has 21 heavy (non-hydrogen) atoms. The molecule has 7 heteroatoms. The van der Waals surface area contributed by atoms with E-state index < -0.39 is 0 Å². The van der Waals surface area contributed by atoms with Crippen LogP contribution in [0.3, 0.4) is 0 Å². The Labute approximate surface area is 128 Å². The number of piperazine rings is 1. The van der Waals surface area contributed by atoms with E-state index in [1.54, 1.807) is 12.3 Å². The molecule has 2 aliphatic rings. The van der Waals surface area contributed by atoms with Gasteiger partial charge in [0.15, 0.2) is 5.82 Å². The largest absolute Gasteiger partial charge is 0.396 e. The fraction of sp³-hybridized carbons (Fsp3) is 0.571. The number of carbonyl (C=O) groups is 1. The van der Waals surface area contributed by atoms with Crippen molar-refractivity contribution in [2.24, 2.45) is 0 Å². The highest BCUT2D eigenvalue weighted by Gasteiger charge is 2.30. The van der Waals surface area contributed by atoms with E-state index in [9.17, 15) is 4.79 Å². The highest BCUT2D eigenvalue weighted by Crippen LogP contribution is 2.25. The molecule has 0 aromatic carbocycles. The third-order valence-electron chi connectivity index (χ3n) is 3.96. The predicted octanol–water partition coefficient (Wildman–Crippen LogP) is 1.14. The SMILES string of the molecule is Nc1cc(Cl)cnc1N1CCN(C(=O)C2CCCO2)CC1. The number of aromatic nitrogens is 1. The second kappa shape index (κ2) is 6.07. The summed E-state index contributed by atoms with van der Waals surface area (Å²) in [5, 5.41) is 0.531. The van der Waals surface area contributed by atoms with Gasteiger partial charge in [-0.05, 0) is 18.9 Å². The molecule has 0 radical (unpaired) electrons. The fourth-order valence-electron chi connectivity index (χ4n) is 2.83. The molecule has 0 spiro atoms. The maximum atomic E-state index is 12.3. The Balaban J connectivity index is 1.60. The number of halogens is 1. The number of ether oxygens (including phenoxy) is 1. The first-order valence-corrected chi connectivity index (χ1v) is 7.59. The molecule has 2 N–H and O–H groups in total. The lowest BCUT2D eigenvalue weighted by molar-refractivity contribution is -0.141. The standard InChI is InChI=1S/C14H19ClN4O2/c15-10-8-11(16)13(17-9-10)18-3-5-19(6-4-18)14(20)12-2-1-7-21-12/h8-9,12H,1-7,16H2. The maximum Gasteiger partial charge on any atom is 0.251 e. The van der Waals surface area contributed by atoms with Crippen LogP contribution in [0.2, 0.25) is 5.02 Å². The van der Waals surface area contributed by atoms with Gasteiger partial charge in [0.2, 0.25) is 0 Å². The van der Waals surface area contributed by atoms with Crippen LogP contribution in [0, 0.1) is 0 Å². The van der Waals surface area contributed by atoms with E-state index in [2.05, 4.69) is 9.88 Å². The van der Waals surface area contributed by atoms with E-state index in [0.29, 0.717) is 30.4 Å². The molecule has 1 unspecified atom stereocenters. The second-order valence-electron chi connectivity index (χ2n) is 5.38. The van der Waals surface area contributed by atoms with Crippen LogP contribution < -0.4 is 10.6 Å². The molecule has 2 aliphatic heterocycles. The zero-order chi connectivity index (χ0) is 14.8. The number of anilines is 2. The van der Waals surface area contributed by atoms with Gasteiger partial charge in [-0.15, -0.1) is 0 Å². The van der Waals surface area contributed by atoms with E-state index in [1.807, 2.05) is 4.90 Å². The summed E-state index contributed by atoms with van der Waals surface area (Å²) in [6.45, 7) is 3.47. The summed E-state index contributed by atoms with van der Waals surface area (Å²) >= 11 is 5.87. The number of carbonyl (C=O) groups excluding carboxylic acids is 1. The van der Waals surface area contributed by atoms with Crippen molar-refractivity contribution in [1.29, 1.82) is 0 Å². The van der Waals surface area contributed by atoms with Gasteiger partial charge >= 0.3 is 0 Å². The highest BCUT2D eigenvalue weighted by atomic mass is 35.5. The summed E-state index contributed by atoms with van der Waals surface area (Å²) in [7, 11) is 0. The predicted molar refractivity (Wildman–Crippen MR) is 81.4 cm³/mol. The summed E-state index contributed by atoms with van der Waals surface area (Å²) in [6, 6.07) is 1.70. The smallest absolute Gasteiger partial charge is 0.251 e. The van der Waals surface area contributed by atoms with Gasteiger partial charge in [-0.25, -0.2) is 4.98 Å². The molecule has 0 bridgehead atoms. The lowest BCUT2D eigenvalue weighted by Gasteiger charge is -2.36.